The molecule has 1 saturated carbocycles. The van der Waals surface area contributed by atoms with Crippen molar-refractivity contribution in [1.29, 1.82) is 0 Å². The Kier molecular flexibility index (Phi) is 4.28. The number of carbonyl (C=O) groups is 1. The Morgan fingerprint density at radius 2 is 2.13 bits per heavy atom. The van der Waals surface area contributed by atoms with Crippen molar-refractivity contribution >= 4 is 17.3 Å². The number of amides is 1. The van der Waals surface area contributed by atoms with E-state index in [1.165, 1.54) is 13.3 Å². The van der Waals surface area contributed by atoms with Gasteiger partial charge < -0.3 is 19.8 Å². The van der Waals surface area contributed by atoms with Crippen LogP contribution in [0.5, 0.6) is 5.75 Å². The lowest BCUT2D eigenvalue weighted by atomic mass is 10.2. The number of hydrogen-bond donors (Lipinski definition) is 2. The van der Waals surface area contributed by atoms with Gasteiger partial charge in [-0.05, 0) is 42.7 Å². The SMILES string of the molecule is COc1ccc(NC(C)=O)cc1NCc1ccc([C@@H]2C[C@@H]2C)o1. The Morgan fingerprint density at radius 1 is 1.35 bits per heavy atom. The van der Waals surface area contributed by atoms with Crippen LogP contribution in [0, 0.1) is 5.92 Å². The average molecular weight is 314 g/mol. The molecule has 0 radical (unpaired) electrons. The van der Waals surface area contributed by atoms with Gasteiger partial charge in [-0.15, -0.1) is 0 Å². The summed E-state index contributed by atoms with van der Waals surface area (Å²) in [5.74, 6) is 3.91. The van der Waals surface area contributed by atoms with Gasteiger partial charge in [-0.1, -0.05) is 6.92 Å². The molecule has 3 rings (SSSR count). The molecule has 1 amide bonds. The summed E-state index contributed by atoms with van der Waals surface area (Å²) in [5.41, 5.74) is 1.55. The first kappa shape index (κ1) is 15.5. The summed E-state index contributed by atoms with van der Waals surface area (Å²) in [6.45, 7) is 4.30. The molecular weight excluding hydrogens is 292 g/mol. The van der Waals surface area contributed by atoms with E-state index in [2.05, 4.69) is 23.6 Å². The number of carbonyl (C=O) groups excluding carboxylic acids is 1. The van der Waals surface area contributed by atoms with Crippen LogP contribution in [-0.4, -0.2) is 13.0 Å². The third kappa shape index (κ3) is 3.67. The highest BCUT2D eigenvalue weighted by Gasteiger charge is 2.36. The summed E-state index contributed by atoms with van der Waals surface area (Å²) >= 11 is 0. The minimum atomic E-state index is -0.102. The molecular formula is C18H22N2O3. The van der Waals surface area contributed by atoms with Gasteiger partial charge in [0.1, 0.15) is 17.3 Å². The van der Waals surface area contributed by atoms with Crippen LogP contribution in [0.2, 0.25) is 0 Å². The van der Waals surface area contributed by atoms with E-state index in [9.17, 15) is 4.79 Å². The molecule has 1 aromatic carbocycles. The molecule has 122 valence electrons. The molecule has 5 nitrogen and oxygen atoms in total. The average Bonchev–Trinajstić information content (AvgIpc) is 3.07. The zero-order valence-electron chi connectivity index (χ0n) is 13.7. The second-order valence-electron chi connectivity index (χ2n) is 6.07. The van der Waals surface area contributed by atoms with Gasteiger partial charge in [0, 0.05) is 18.5 Å². The molecule has 1 heterocycles. The number of methoxy groups -OCH3 is 1. The minimum Gasteiger partial charge on any atom is -0.495 e. The van der Waals surface area contributed by atoms with E-state index in [0.717, 1.165) is 34.6 Å². The Bertz CT molecular complexity index is 708. The van der Waals surface area contributed by atoms with Crippen molar-refractivity contribution in [3.8, 4) is 5.75 Å². The van der Waals surface area contributed by atoms with Gasteiger partial charge in [-0.25, -0.2) is 0 Å². The van der Waals surface area contributed by atoms with E-state index in [4.69, 9.17) is 9.15 Å². The van der Waals surface area contributed by atoms with E-state index < -0.39 is 0 Å². The van der Waals surface area contributed by atoms with Crippen LogP contribution in [0.15, 0.2) is 34.7 Å². The van der Waals surface area contributed by atoms with Crippen LogP contribution in [-0.2, 0) is 11.3 Å². The summed E-state index contributed by atoms with van der Waals surface area (Å²) in [4.78, 5) is 11.2. The monoisotopic (exact) mass is 314 g/mol. The Hall–Kier alpha value is -2.43. The number of anilines is 2. The molecule has 5 heteroatoms. The molecule has 1 aliphatic carbocycles. The lowest BCUT2D eigenvalue weighted by Crippen LogP contribution is -2.07. The zero-order valence-corrected chi connectivity index (χ0v) is 13.7. The van der Waals surface area contributed by atoms with Crippen LogP contribution in [0.3, 0.4) is 0 Å². The number of ether oxygens (including phenoxy) is 1. The molecule has 23 heavy (non-hydrogen) atoms. The summed E-state index contributed by atoms with van der Waals surface area (Å²) in [6, 6.07) is 9.57. The fraction of sp³-hybridized carbons (Fsp3) is 0.389. The molecule has 1 aliphatic rings. The lowest BCUT2D eigenvalue weighted by molar-refractivity contribution is -0.114. The first-order chi connectivity index (χ1) is 11.1. The van der Waals surface area contributed by atoms with Crippen LogP contribution < -0.4 is 15.4 Å². The van der Waals surface area contributed by atoms with E-state index >= 15 is 0 Å². The molecule has 1 aromatic heterocycles. The third-order valence-corrected chi connectivity index (χ3v) is 4.13. The molecule has 0 saturated heterocycles. The van der Waals surface area contributed by atoms with E-state index in [1.807, 2.05) is 24.3 Å². The normalized spacial score (nSPS) is 19.3. The molecule has 0 spiro atoms. The lowest BCUT2D eigenvalue weighted by Gasteiger charge is -2.12. The largest absolute Gasteiger partial charge is 0.495 e. The second kappa shape index (κ2) is 6.36. The summed E-state index contributed by atoms with van der Waals surface area (Å²) < 4.78 is 11.3. The fourth-order valence-corrected chi connectivity index (χ4v) is 2.72. The highest BCUT2D eigenvalue weighted by atomic mass is 16.5. The molecule has 2 aromatic rings. The quantitative estimate of drug-likeness (QED) is 0.846. The summed E-state index contributed by atoms with van der Waals surface area (Å²) in [5, 5.41) is 6.08. The van der Waals surface area contributed by atoms with Crippen molar-refractivity contribution in [3.05, 3.63) is 41.9 Å². The zero-order chi connectivity index (χ0) is 16.4. The number of hydrogen-bond acceptors (Lipinski definition) is 4. The predicted molar refractivity (Wildman–Crippen MR) is 89.9 cm³/mol. The Labute approximate surface area is 136 Å². The standard InChI is InChI=1S/C18H22N2O3/c1-11-8-15(11)17-7-5-14(23-17)10-19-16-9-13(20-12(2)21)4-6-18(16)22-3/h4-7,9,11,15,19H,8,10H2,1-3H3,(H,20,21)/t11-,15+/m0/s1. The number of rotatable bonds is 6. The number of benzene rings is 1. The number of furan rings is 1. The van der Waals surface area contributed by atoms with Gasteiger partial charge in [0.25, 0.3) is 0 Å². The maximum absolute atomic E-state index is 11.2. The fourth-order valence-electron chi connectivity index (χ4n) is 2.72. The first-order valence-electron chi connectivity index (χ1n) is 7.85. The van der Waals surface area contributed by atoms with Crippen molar-refractivity contribution in [2.45, 2.75) is 32.7 Å². The van der Waals surface area contributed by atoms with E-state index in [1.54, 1.807) is 7.11 Å². The second-order valence-corrected chi connectivity index (χ2v) is 6.07. The smallest absolute Gasteiger partial charge is 0.221 e. The number of nitrogens with one attached hydrogen (secondary N) is 2. The molecule has 0 unspecified atom stereocenters. The van der Waals surface area contributed by atoms with Crippen LogP contribution in [0.25, 0.3) is 0 Å². The predicted octanol–water partition coefficient (Wildman–Crippen LogP) is 3.98. The molecule has 0 bridgehead atoms. The van der Waals surface area contributed by atoms with Crippen molar-refractivity contribution in [3.63, 3.8) is 0 Å². The highest BCUT2D eigenvalue weighted by molar-refractivity contribution is 5.89. The Morgan fingerprint density at radius 3 is 2.78 bits per heavy atom. The maximum Gasteiger partial charge on any atom is 0.221 e. The van der Waals surface area contributed by atoms with Gasteiger partial charge in [-0.2, -0.15) is 0 Å². The van der Waals surface area contributed by atoms with Crippen LogP contribution in [0.4, 0.5) is 11.4 Å². The van der Waals surface area contributed by atoms with Gasteiger partial charge in [0.2, 0.25) is 5.91 Å². The van der Waals surface area contributed by atoms with Crippen molar-refractivity contribution in [2.75, 3.05) is 17.7 Å². The van der Waals surface area contributed by atoms with Gasteiger partial charge in [-0.3, -0.25) is 4.79 Å². The first-order valence-corrected chi connectivity index (χ1v) is 7.85. The topological polar surface area (TPSA) is 63.5 Å². The van der Waals surface area contributed by atoms with Crippen molar-refractivity contribution < 1.29 is 13.9 Å². The van der Waals surface area contributed by atoms with Crippen LogP contribution >= 0.6 is 0 Å². The third-order valence-electron chi connectivity index (χ3n) is 4.13. The minimum absolute atomic E-state index is 0.102. The van der Waals surface area contributed by atoms with E-state index in [0.29, 0.717) is 12.5 Å². The highest BCUT2D eigenvalue weighted by Crippen LogP contribution is 2.47. The van der Waals surface area contributed by atoms with Gasteiger partial charge in [0.15, 0.2) is 0 Å². The molecule has 2 atom stereocenters. The molecule has 1 fully saturated rings. The summed E-state index contributed by atoms with van der Waals surface area (Å²) in [6.07, 6.45) is 1.22. The summed E-state index contributed by atoms with van der Waals surface area (Å²) in [7, 11) is 1.62. The van der Waals surface area contributed by atoms with Crippen LogP contribution in [0.1, 0.15) is 37.7 Å². The Balaban J connectivity index is 1.68. The maximum atomic E-state index is 11.2. The van der Waals surface area contributed by atoms with Crippen molar-refractivity contribution in [2.24, 2.45) is 5.92 Å². The van der Waals surface area contributed by atoms with E-state index in [-0.39, 0.29) is 5.91 Å². The van der Waals surface area contributed by atoms with Crippen molar-refractivity contribution in [1.82, 2.24) is 0 Å². The molecule has 0 aliphatic heterocycles. The van der Waals surface area contributed by atoms with Gasteiger partial charge >= 0.3 is 0 Å². The molecule has 2 N–H and O–H groups in total. The van der Waals surface area contributed by atoms with Gasteiger partial charge in [0.05, 0.1) is 19.3 Å².